The van der Waals surface area contributed by atoms with E-state index in [0.717, 1.165) is 14.8 Å². The van der Waals surface area contributed by atoms with Crippen molar-refractivity contribution >= 4 is 27.5 Å². The molecule has 0 radical (unpaired) electrons. The number of carbonyl (C=O) groups excluding carboxylic acids is 1. The molecule has 25 heavy (non-hydrogen) atoms. The van der Waals surface area contributed by atoms with Crippen molar-refractivity contribution in [2.24, 2.45) is 0 Å². The lowest BCUT2D eigenvalue weighted by molar-refractivity contribution is 0.0863. The smallest absolute Gasteiger partial charge is 0.295 e. The highest BCUT2D eigenvalue weighted by atomic mass is 79.9. The third-order valence-electron chi connectivity index (χ3n) is 3.47. The Balaban J connectivity index is 1.75. The lowest BCUT2D eigenvalue weighted by Crippen LogP contribution is -2.32. The zero-order valence-corrected chi connectivity index (χ0v) is 14.8. The first kappa shape index (κ1) is 17.0. The molecule has 1 aromatic heterocycles. The molecule has 0 bridgehead atoms. The van der Waals surface area contributed by atoms with Crippen LogP contribution in [0.2, 0.25) is 0 Å². The van der Waals surface area contributed by atoms with Crippen molar-refractivity contribution in [3.8, 4) is 0 Å². The van der Waals surface area contributed by atoms with E-state index in [1.54, 1.807) is 18.2 Å². The van der Waals surface area contributed by atoms with E-state index in [4.69, 9.17) is 4.84 Å². The summed E-state index contributed by atoms with van der Waals surface area (Å²) in [7, 11) is 0. The van der Waals surface area contributed by atoms with Crippen molar-refractivity contribution < 1.29 is 9.63 Å². The Hall–Kier alpha value is -2.86. The van der Waals surface area contributed by atoms with Gasteiger partial charge in [-0.2, -0.15) is 4.73 Å². The molecular weight excluding hydrogens is 384 g/mol. The highest BCUT2D eigenvalue weighted by Crippen LogP contribution is 2.14. The zero-order valence-electron chi connectivity index (χ0n) is 13.2. The van der Waals surface area contributed by atoms with Crippen molar-refractivity contribution in [1.82, 2.24) is 4.73 Å². The minimum Gasteiger partial charge on any atom is -0.406 e. The molecule has 2 aromatic carbocycles. The molecule has 0 saturated heterocycles. The number of hydrogen-bond donors (Lipinski definition) is 1. The zero-order chi connectivity index (χ0) is 17.6. The lowest BCUT2D eigenvalue weighted by Gasteiger charge is -2.10. The number of rotatable bonds is 5. The highest BCUT2D eigenvalue weighted by molar-refractivity contribution is 9.10. The Bertz CT molecular complexity index is 921. The van der Waals surface area contributed by atoms with Gasteiger partial charge in [-0.25, -0.2) is 0 Å². The van der Waals surface area contributed by atoms with Crippen molar-refractivity contribution in [3.63, 3.8) is 0 Å². The van der Waals surface area contributed by atoms with Gasteiger partial charge in [0.05, 0.1) is 0 Å². The Morgan fingerprint density at radius 2 is 1.72 bits per heavy atom. The topological polar surface area (TPSA) is 60.3 Å². The molecule has 0 spiro atoms. The van der Waals surface area contributed by atoms with Crippen LogP contribution < -0.4 is 15.7 Å². The molecule has 0 atom stereocenters. The number of amides is 1. The van der Waals surface area contributed by atoms with Crippen molar-refractivity contribution in [1.29, 1.82) is 0 Å². The van der Waals surface area contributed by atoms with Gasteiger partial charge in [-0.3, -0.25) is 9.59 Å². The number of benzene rings is 2. The maximum Gasteiger partial charge on any atom is 0.295 e. The fourth-order valence-electron chi connectivity index (χ4n) is 2.20. The van der Waals surface area contributed by atoms with E-state index in [0.29, 0.717) is 5.69 Å². The molecule has 0 aliphatic heterocycles. The molecule has 0 aliphatic rings. The number of hydrogen-bond acceptors (Lipinski definition) is 3. The summed E-state index contributed by atoms with van der Waals surface area (Å²) >= 11 is 3.33. The van der Waals surface area contributed by atoms with Gasteiger partial charge in [0.1, 0.15) is 12.2 Å². The van der Waals surface area contributed by atoms with E-state index < -0.39 is 11.5 Å². The van der Waals surface area contributed by atoms with E-state index in [2.05, 4.69) is 21.2 Å². The SMILES string of the molecule is O=C(Nc1ccc(Br)cc1)c1cccn(OCc2ccccc2)c1=O. The van der Waals surface area contributed by atoms with Crippen molar-refractivity contribution in [2.75, 3.05) is 5.32 Å². The van der Waals surface area contributed by atoms with Gasteiger partial charge in [-0.15, -0.1) is 0 Å². The van der Waals surface area contributed by atoms with E-state index in [1.165, 1.54) is 12.3 Å². The third kappa shape index (κ3) is 4.36. The fraction of sp³-hybridized carbons (Fsp3) is 0.0526. The molecule has 126 valence electrons. The first-order valence-corrected chi connectivity index (χ1v) is 8.38. The molecule has 5 nitrogen and oxygen atoms in total. The van der Waals surface area contributed by atoms with Crippen LogP contribution in [0.1, 0.15) is 15.9 Å². The molecule has 0 saturated carbocycles. The van der Waals surface area contributed by atoms with Gasteiger partial charge in [0.2, 0.25) is 0 Å². The molecule has 3 rings (SSSR count). The number of pyridine rings is 1. The first-order chi connectivity index (χ1) is 12.1. The van der Waals surface area contributed by atoms with Crippen LogP contribution >= 0.6 is 15.9 Å². The second-order valence-electron chi connectivity index (χ2n) is 5.27. The largest absolute Gasteiger partial charge is 0.406 e. The van der Waals surface area contributed by atoms with Gasteiger partial charge in [-0.05, 0) is 42.0 Å². The van der Waals surface area contributed by atoms with E-state index in [1.807, 2.05) is 42.5 Å². The summed E-state index contributed by atoms with van der Waals surface area (Å²) in [5.74, 6) is -0.481. The number of anilines is 1. The number of halogens is 1. The number of nitrogens with one attached hydrogen (secondary N) is 1. The van der Waals surface area contributed by atoms with Gasteiger partial charge in [0.25, 0.3) is 11.5 Å². The van der Waals surface area contributed by atoms with Gasteiger partial charge >= 0.3 is 0 Å². The second-order valence-corrected chi connectivity index (χ2v) is 6.19. The molecule has 3 aromatic rings. The van der Waals surface area contributed by atoms with Crippen LogP contribution in [0.25, 0.3) is 0 Å². The average Bonchev–Trinajstić information content (AvgIpc) is 2.63. The quantitative estimate of drug-likeness (QED) is 0.715. The maximum atomic E-state index is 12.4. The minimum absolute atomic E-state index is 0.0125. The normalized spacial score (nSPS) is 10.3. The summed E-state index contributed by atoms with van der Waals surface area (Å²) in [6.07, 6.45) is 1.49. The number of nitrogens with zero attached hydrogens (tertiary/aromatic N) is 1. The maximum absolute atomic E-state index is 12.4. The molecular formula is C19H15BrN2O3. The lowest BCUT2D eigenvalue weighted by atomic mass is 10.2. The molecule has 1 amide bonds. The van der Waals surface area contributed by atoms with Gasteiger partial charge in [-0.1, -0.05) is 46.3 Å². The second kappa shape index (κ2) is 7.81. The van der Waals surface area contributed by atoms with Gasteiger partial charge in [0.15, 0.2) is 0 Å². The van der Waals surface area contributed by atoms with Crippen LogP contribution in [-0.4, -0.2) is 10.6 Å². The molecule has 0 fully saturated rings. The fourth-order valence-corrected chi connectivity index (χ4v) is 2.46. The van der Waals surface area contributed by atoms with E-state index in [-0.39, 0.29) is 12.2 Å². The first-order valence-electron chi connectivity index (χ1n) is 7.59. The summed E-state index contributed by atoms with van der Waals surface area (Å²) in [5.41, 5.74) is 1.04. The standard InChI is InChI=1S/C19H15BrN2O3/c20-15-8-10-16(11-9-15)21-18(23)17-7-4-12-22(19(17)24)25-13-14-5-2-1-3-6-14/h1-12H,13H2,(H,21,23). The molecule has 1 heterocycles. The predicted octanol–water partition coefficient (Wildman–Crippen LogP) is 3.49. The summed E-state index contributed by atoms with van der Waals surface area (Å²) < 4.78 is 1.98. The Morgan fingerprint density at radius 3 is 2.44 bits per heavy atom. The van der Waals surface area contributed by atoms with E-state index in [9.17, 15) is 9.59 Å². The van der Waals surface area contributed by atoms with Crippen LogP contribution in [0, 0.1) is 0 Å². The summed E-state index contributed by atoms with van der Waals surface area (Å²) in [4.78, 5) is 30.3. The van der Waals surface area contributed by atoms with Gasteiger partial charge < -0.3 is 10.2 Å². The number of carbonyl (C=O) groups is 1. The Morgan fingerprint density at radius 1 is 1.00 bits per heavy atom. The van der Waals surface area contributed by atoms with Crippen molar-refractivity contribution in [2.45, 2.75) is 6.61 Å². The predicted molar refractivity (Wildman–Crippen MR) is 99.5 cm³/mol. The molecule has 0 aliphatic carbocycles. The molecule has 1 N–H and O–H groups in total. The van der Waals surface area contributed by atoms with Crippen LogP contribution in [0.15, 0.2) is 82.2 Å². The van der Waals surface area contributed by atoms with E-state index >= 15 is 0 Å². The van der Waals surface area contributed by atoms with Gasteiger partial charge in [0, 0.05) is 16.4 Å². The minimum atomic E-state index is -0.506. The monoisotopic (exact) mass is 398 g/mol. The third-order valence-corrected chi connectivity index (χ3v) is 4.00. The Labute approximate surface area is 153 Å². The summed E-state index contributed by atoms with van der Waals surface area (Å²) in [6, 6.07) is 19.7. The van der Waals surface area contributed by atoms with Crippen molar-refractivity contribution in [3.05, 3.63) is 98.9 Å². The molecule has 6 heteroatoms. The highest BCUT2D eigenvalue weighted by Gasteiger charge is 2.13. The average molecular weight is 399 g/mol. The van der Waals surface area contributed by atoms with Crippen LogP contribution in [0.5, 0.6) is 0 Å². The molecule has 0 unspecified atom stereocenters. The Kier molecular flexibility index (Phi) is 5.30. The summed E-state index contributed by atoms with van der Waals surface area (Å²) in [6.45, 7) is 0.235. The van der Waals surface area contributed by atoms with Crippen LogP contribution in [0.3, 0.4) is 0 Å². The number of aromatic nitrogens is 1. The van der Waals surface area contributed by atoms with Crippen LogP contribution in [0.4, 0.5) is 5.69 Å². The summed E-state index contributed by atoms with van der Waals surface area (Å²) in [5, 5.41) is 2.70. The van der Waals surface area contributed by atoms with Crippen LogP contribution in [-0.2, 0) is 6.61 Å².